The van der Waals surface area contributed by atoms with Crippen LogP contribution in [-0.4, -0.2) is 32.4 Å². The number of aromatic nitrogens is 2. The third kappa shape index (κ3) is 2.92. The summed E-state index contributed by atoms with van der Waals surface area (Å²) in [6, 6.07) is 1.40. The predicted molar refractivity (Wildman–Crippen MR) is 72.1 cm³/mol. The third-order valence-electron chi connectivity index (χ3n) is 3.74. The van der Waals surface area contributed by atoms with Gasteiger partial charge in [-0.25, -0.2) is 9.59 Å². The van der Waals surface area contributed by atoms with Crippen molar-refractivity contribution in [1.29, 1.82) is 0 Å². The van der Waals surface area contributed by atoms with Crippen LogP contribution in [0.1, 0.15) is 31.2 Å². The second-order valence-corrected chi connectivity index (χ2v) is 5.49. The minimum absolute atomic E-state index is 0.0182. The highest BCUT2D eigenvalue weighted by atomic mass is 16.4. The molecule has 0 saturated heterocycles. The van der Waals surface area contributed by atoms with Gasteiger partial charge in [-0.15, -0.1) is 0 Å². The Hall–Kier alpha value is -2.05. The van der Waals surface area contributed by atoms with Crippen LogP contribution < -0.4 is 10.6 Å². The van der Waals surface area contributed by atoms with E-state index in [0.717, 1.165) is 24.2 Å². The maximum Gasteiger partial charge on any atom is 0.329 e. The zero-order valence-electron chi connectivity index (χ0n) is 11.9. The summed E-state index contributed by atoms with van der Waals surface area (Å²) < 4.78 is 1.69. The van der Waals surface area contributed by atoms with Crippen LogP contribution in [0.3, 0.4) is 0 Å². The predicted octanol–water partition coefficient (Wildman–Crippen LogP) is 0.781. The first kappa shape index (κ1) is 14.4. The number of aliphatic carboxylic acids is 1. The summed E-state index contributed by atoms with van der Waals surface area (Å²) in [4.78, 5) is 23.2. The van der Waals surface area contributed by atoms with Crippen molar-refractivity contribution in [3.05, 3.63) is 17.5 Å². The number of aryl methyl sites for hydroxylation is 2. The molecule has 7 heteroatoms. The van der Waals surface area contributed by atoms with Gasteiger partial charge in [0.25, 0.3) is 0 Å². The van der Waals surface area contributed by atoms with Crippen LogP contribution in [0.4, 0.5) is 4.79 Å². The lowest BCUT2D eigenvalue weighted by atomic mass is 9.96. The quantitative estimate of drug-likeness (QED) is 0.742. The van der Waals surface area contributed by atoms with Gasteiger partial charge in [-0.3, -0.25) is 4.68 Å². The summed E-state index contributed by atoms with van der Waals surface area (Å²) >= 11 is 0. The molecule has 1 fully saturated rings. The van der Waals surface area contributed by atoms with Gasteiger partial charge < -0.3 is 15.7 Å². The Labute approximate surface area is 117 Å². The molecule has 0 aliphatic heterocycles. The fraction of sp³-hybridized carbons (Fsp3) is 0.615. The van der Waals surface area contributed by atoms with E-state index in [-0.39, 0.29) is 5.92 Å². The number of hydrogen-bond donors (Lipinski definition) is 3. The molecule has 0 spiro atoms. The second-order valence-electron chi connectivity index (χ2n) is 5.49. The van der Waals surface area contributed by atoms with Gasteiger partial charge >= 0.3 is 12.0 Å². The highest BCUT2D eigenvalue weighted by Gasteiger charge is 2.48. The number of hydrogen-bond acceptors (Lipinski definition) is 3. The van der Waals surface area contributed by atoms with Crippen molar-refractivity contribution in [2.45, 2.75) is 38.8 Å². The fourth-order valence-electron chi connectivity index (χ4n) is 2.27. The van der Waals surface area contributed by atoms with E-state index in [1.165, 1.54) is 0 Å². The van der Waals surface area contributed by atoms with Crippen LogP contribution in [0.15, 0.2) is 6.07 Å². The van der Waals surface area contributed by atoms with Gasteiger partial charge in [-0.2, -0.15) is 5.10 Å². The summed E-state index contributed by atoms with van der Waals surface area (Å²) in [5.74, 6) is -0.976. The molecule has 1 heterocycles. The molecule has 1 aliphatic carbocycles. The molecule has 0 bridgehead atoms. The van der Waals surface area contributed by atoms with Crippen LogP contribution in [0, 0.1) is 12.8 Å². The number of nitrogens with one attached hydrogen (secondary N) is 2. The zero-order valence-corrected chi connectivity index (χ0v) is 11.9. The Morgan fingerprint density at radius 2 is 2.20 bits per heavy atom. The lowest BCUT2D eigenvalue weighted by Gasteiger charge is -2.26. The summed E-state index contributed by atoms with van der Waals surface area (Å²) in [7, 11) is 1.80. The first-order chi connectivity index (χ1) is 9.33. The van der Waals surface area contributed by atoms with E-state index >= 15 is 0 Å². The van der Waals surface area contributed by atoms with E-state index in [1.807, 2.05) is 13.0 Å². The summed E-state index contributed by atoms with van der Waals surface area (Å²) in [6.07, 6.45) is 1.67. The molecule has 7 nitrogen and oxygen atoms in total. The van der Waals surface area contributed by atoms with Crippen LogP contribution >= 0.6 is 0 Å². The Balaban J connectivity index is 1.92. The van der Waals surface area contributed by atoms with Crippen molar-refractivity contribution in [3.8, 4) is 0 Å². The lowest BCUT2D eigenvalue weighted by molar-refractivity contribution is -0.144. The van der Waals surface area contributed by atoms with Crippen LogP contribution in [0.5, 0.6) is 0 Å². The van der Waals surface area contributed by atoms with E-state index in [4.69, 9.17) is 0 Å². The van der Waals surface area contributed by atoms with Crippen molar-refractivity contribution in [2.75, 3.05) is 0 Å². The molecule has 0 aromatic carbocycles. The minimum Gasteiger partial charge on any atom is -0.480 e. The van der Waals surface area contributed by atoms with Crippen molar-refractivity contribution >= 4 is 12.0 Å². The van der Waals surface area contributed by atoms with Crippen LogP contribution in [0.2, 0.25) is 0 Å². The molecule has 2 amide bonds. The smallest absolute Gasteiger partial charge is 0.329 e. The minimum atomic E-state index is -1.19. The summed E-state index contributed by atoms with van der Waals surface area (Å²) in [6.45, 7) is 3.74. The van der Waals surface area contributed by atoms with Gasteiger partial charge in [0, 0.05) is 7.05 Å². The van der Waals surface area contributed by atoms with E-state index in [9.17, 15) is 14.7 Å². The third-order valence-corrected chi connectivity index (χ3v) is 3.74. The highest BCUT2D eigenvalue weighted by molar-refractivity contribution is 5.86. The topological polar surface area (TPSA) is 96.3 Å². The lowest BCUT2D eigenvalue weighted by Crippen LogP contribution is -2.56. The number of carbonyl (C=O) groups is 2. The Morgan fingerprint density at radius 3 is 2.65 bits per heavy atom. The number of urea groups is 1. The Bertz CT molecular complexity index is 536. The van der Waals surface area contributed by atoms with Crippen LogP contribution in [0.25, 0.3) is 0 Å². The van der Waals surface area contributed by atoms with Gasteiger partial charge in [-0.05, 0) is 38.7 Å². The molecule has 2 rings (SSSR count). The maximum absolute atomic E-state index is 11.9. The number of carbonyl (C=O) groups excluding carboxylic acids is 1. The monoisotopic (exact) mass is 280 g/mol. The van der Waals surface area contributed by atoms with Gasteiger partial charge in [0.1, 0.15) is 5.54 Å². The van der Waals surface area contributed by atoms with E-state index < -0.39 is 17.5 Å². The number of carboxylic acid groups (broad SMARTS) is 1. The van der Waals surface area contributed by atoms with Gasteiger partial charge in [0.05, 0.1) is 17.9 Å². The second kappa shape index (κ2) is 5.15. The molecule has 3 N–H and O–H groups in total. The SMILES string of the molecule is Cc1cc(CNC(=O)NC(C)(C(=O)O)C2CC2)n(C)n1. The van der Waals surface area contributed by atoms with Gasteiger partial charge in [0.15, 0.2) is 0 Å². The zero-order chi connectivity index (χ0) is 14.9. The fourth-order valence-corrected chi connectivity index (χ4v) is 2.27. The van der Waals surface area contributed by atoms with E-state index in [0.29, 0.717) is 6.54 Å². The molecule has 110 valence electrons. The van der Waals surface area contributed by atoms with Gasteiger partial charge in [-0.1, -0.05) is 0 Å². The van der Waals surface area contributed by atoms with Crippen molar-refractivity contribution in [3.63, 3.8) is 0 Å². The number of nitrogens with zero attached hydrogens (tertiary/aromatic N) is 2. The molecule has 0 radical (unpaired) electrons. The van der Waals surface area contributed by atoms with Crippen molar-refractivity contribution in [2.24, 2.45) is 13.0 Å². The van der Waals surface area contributed by atoms with Crippen molar-refractivity contribution in [1.82, 2.24) is 20.4 Å². The first-order valence-electron chi connectivity index (χ1n) is 6.62. The molecule has 1 saturated carbocycles. The Kier molecular flexibility index (Phi) is 3.69. The maximum atomic E-state index is 11.9. The number of rotatable bonds is 5. The average molecular weight is 280 g/mol. The molecule has 20 heavy (non-hydrogen) atoms. The van der Waals surface area contributed by atoms with E-state index in [1.54, 1.807) is 18.7 Å². The number of amides is 2. The molecule has 1 aromatic heterocycles. The molecular formula is C13H20N4O3. The Morgan fingerprint density at radius 1 is 1.55 bits per heavy atom. The molecular weight excluding hydrogens is 260 g/mol. The molecule has 1 aromatic rings. The summed E-state index contributed by atoms with van der Waals surface area (Å²) in [5.41, 5.74) is 0.547. The normalized spacial score (nSPS) is 17.4. The van der Waals surface area contributed by atoms with E-state index in [2.05, 4.69) is 15.7 Å². The highest BCUT2D eigenvalue weighted by Crippen LogP contribution is 2.39. The number of carboxylic acids is 1. The van der Waals surface area contributed by atoms with Gasteiger partial charge in [0.2, 0.25) is 0 Å². The molecule has 1 atom stereocenters. The van der Waals surface area contributed by atoms with Crippen molar-refractivity contribution < 1.29 is 14.7 Å². The average Bonchev–Trinajstić information content (AvgIpc) is 3.13. The standard InChI is InChI=1S/C13H20N4O3/c1-8-6-10(17(3)16-8)7-14-12(20)15-13(2,11(18)19)9-4-5-9/h6,9H,4-5,7H2,1-3H3,(H,18,19)(H2,14,15,20). The first-order valence-corrected chi connectivity index (χ1v) is 6.62. The molecule has 1 unspecified atom stereocenters. The van der Waals surface area contributed by atoms with Crippen LogP contribution in [-0.2, 0) is 18.4 Å². The summed E-state index contributed by atoms with van der Waals surface area (Å²) in [5, 5.41) is 18.7. The molecule has 1 aliphatic rings. The largest absolute Gasteiger partial charge is 0.480 e.